The Labute approximate surface area is 140 Å². The Morgan fingerprint density at radius 3 is 2.71 bits per heavy atom. The van der Waals surface area contributed by atoms with E-state index in [2.05, 4.69) is 20.7 Å². The Hall–Kier alpha value is -3.15. The van der Waals surface area contributed by atoms with E-state index in [0.717, 1.165) is 11.3 Å². The third-order valence-corrected chi connectivity index (χ3v) is 3.51. The van der Waals surface area contributed by atoms with Crippen molar-refractivity contribution in [2.45, 2.75) is 20.0 Å². The molecule has 0 bridgehead atoms. The minimum absolute atomic E-state index is 0.279. The van der Waals surface area contributed by atoms with E-state index < -0.39 is 0 Å². The van der Waals surface area contributed by atoms with E-state index in [9.17, 15) is 4.79 Å². The largest absolute Gasteiger partial charge is 0.334 e. The van der Waals surface area contributed by atoms with Gasteiger partial charge in [-0.1, -0.05) is 35.9 Å². The summed E-state index contributed by atoms with van der Waals surface area (Å²) in [5.41, 5.74) is 3.16. The highest BCUT2D eigenvalue weighted by molar-refractivity contribution is 5.88. The highest BCUT2D eigenvalue weighted by atomic mass is 16.2. The van der Waals surface area contributed by atoms with Crippen LogP contribution in [-0.4, -0.2) is 20.8 Å². The zero-order valence-electron chi connectivity index (χ0n) is 13.4. The van der Waals surface area contributed by atoms with Crippen LogP contribution in [0, 0.1) is 6.92 Å². The summed E-state index contributed by atoms with van der Waals surface area (Å²) in [6, 6.07) is 15.3. The average Bonchev–Trinajstić information content (AvgIpc) is 3.02. The van der Waals surface area contributed by atoms with Gasteiger partial charge in [-0.2, -0.15) is 5.10 Å². The normalized spacial score (nSPS) is 10.4. The smallest absolute Gasteiger partial charge is 0.320 e. The number of amides is 2. The zero-order valence-corrected chi connectivity index (χ0v) is 13.4. The summed E-state index contributed by atoms with van der Waals surface area (Å²) in [4.78, 5) is 16.2. The first kappa shape index (κ1) is 15.7. The van der Waals surface area contributed by atoms with Crippen LogP contribution in [0.4, 0.5) is 10.6 Å². The van der Waals surface area contributed by atoms with Gasteiger partial charge >= 0.3 is 6.03 Å². The first-order valence-corrected chi connectivity index (χ1v) is 7.73. The van der Waals surface area contributed by atoms with E-state index in [0.29, 0.717) is 18.9 Å². The summed E-state index contributed by atoms with van der Waals surface area (Å²) < 4.78 is 1.73. The second-order valence-electron chi connectivity index (χ2n) is 5.51. The summed E-state index contributed by atoms with van der Waals surface area (Å²) >= 11 is 0. The summed E-state index contributed by atoms with van der Waals surface area (Å²) in [5, 5.41) is 9.86. The number of aryl methyl sites for hydroxylation is 1. The number of hydrogen-bond donors (Lipinski definition) is 2. The summed E-state index contributed by atoms with van der Waals surface area (Å²) in [5.74, 6) is 0.507. The molecule has 0 aliphatic rings. The molecule has 0 radical (unpaired) electrons. The quantitative estimate of drug-likeness (QED) is 0.759. The molecular weight excluding hydrogens is 302 g/mol. The molecule has 0 saturated carbocycles. The SMILES string of the molecule is Cc1ccc(CNC(=O)Nc2ccn(Cc3ccccn3)n2)cc1. The molecule has 2 heterocycles. The number of nitrogens with zero attached hydrogens (tertiary/aromatic N) is 3. The van der Waals surface area contributed by atoms with Gasteiger partial charge in [-0.25, -0.2) is 4.79 Å². The van der Waals surface area contributed by atoms with Gasteiger partial charge in [-0.05, 0) is 24.6 Å². The van der Waals surface area contributed by atoms with E-state index in [1.807, 2.05) is 55.6 Å². The van der Waals surface area contributed by atoms with E-state index >= 15 is 0 Å². The first-order valence-electron chi connectivity index (χ1n) is 7.73. The van der Waals surface area contributed by atoms with Gasteiger partial charge in [-0.15, -0.1) is 0 Å². The van der Waals surface area contributed by atoms with Crippen LogP contribution in [0.2, 0.25) is 0 Å². The van der Waals surface area contributed by atoms with Crippen molar-refractivity contribution in [2.75, 3.05) is 5.32 Å². The number of benzene rings is 1. The third kappa shape index (κ3) is 4.42. The lowest BCUT2D eigenvalue weighted by Crippen LogP contribution is -2.28. The van der Waals surface area contributed by atoms with Crippen molar-refractivity contribution in [3.63, 3.8) is 0 Å². The van der Waals surface area contributed by atoms with Crippen molar-refractivity contribution in [2.24, 2.45) is 0 Å². The fraction of sp³-hybridized carbons (Fsp3) is 0.167. The Morgan fingerprint density at radius 1 is 1.12 bits per heavy atom. The van der Waals surface area contributed by atoms with Crippen LogP contribution in [0.3, 0.4) is 0 Å². The molecule has 0 aliphatic carbocycles. The van der Waals surface area contributed by atoms with Crippen LogP contribution in [0.15, 0.2) is 60.9 Å². The predicted octanol–water partition coefficient (Wildman–Crippen LogP) is 2.96. The molecule has 122 valence electrons. The molecule has 3 rings (SSSR count). The lowest BCUT2D eigenvalue weighted by Gasteiger charge is -2.06. The van der Waals surface area contributed by atoms with E-state index in [4.69, 9.17) is 0 Å². The van der Waals surface area contributed by atoms with Gasteiger partial charge in [0.2, 0.25) is 0 Å². The molecule has 0 saturated heterocycles. The number of hydrogen-bond acceptors (Lipinski definition) is 3. The standard InChI is InChI=1S/C18H19N5O/c1-14-5-7-15(8-6-14)12-20-18(24)21-17-9-11-23(22-17)13-16-4-2-3-10-19-16/h2-11H,12-13H2,1H3,(H2,20,21,22,24). The average molecular weight is 321 g/mol. The van der Waals surface area contributed by atoms with Gasteiger partial charge in [0.25, 0.3) is 0 Å². The summed E-state index contributed by atoms with van der Waals surface area (Å²) in [6.07, 6.45) is 3.56. The fourth-order valence-electron chi connectivity index (χ4n) is 2.22. The molecule has 0 aliphatic heterocycles. The van der Waals surface area contributed by atoms with Crippen LogP contribution < -0.4 is 10.6 Å². The van der Waals surface area contributed by atoms with Crippen molar-refractivity contribution in [3.05, 3.63) is 77.7 Å². The summed E-state index contributed by atoms with van der Waals surface area (Å²) in [7, 11) is 0. The third-order valence-electron chi connectivity index (χ3n) is 3.51. The highest BCUT2D eigenvalue weighted by Gasteiger charge is 2.05. The van der Waals surface area contributed by atoms with Gasteiger partial charge in [-0.3, -0.25) is 15.0 Å². The van der Waals surface area contributed by atoms with Crippen LogP contribution in [0.5, 0.6) is 0 Å². The molecule has 2 N–H and O–H groups in total. The van der Waals surface area contributed by atoms with Crippen LogP contribution in [0.1, 0.15) is 16.8 Å². The minimum Gasteiger partial charge on any atom is -0.334 e. The van der Waals surface area contributed by atoms with Crippen molar-refractivity contribution in [1.29, 1.82) is 0 Å². The second-order valence-corrected chi connectivity index (χ2v) is 5.51. The molecular formula is C18H19N5O. The van der Waals surface area contributed by atoms with E-state index in [-0.39, 0.29) is 6.03 Å². The summed E-state index contributed by atoms with van der Waals surface area (Å²) in [6.45, 7) is 3.07. The molecule has 3 aromatic rings. The van der Waals surface area contributed by atoms with Gasteiger partial charge in [0.1, 0.15) is 0 Å². The molecule has 2 aromatic heterocycles. The molecule has 0 fully saturated rings. The zero-order chi connectivity index (χ0) is 16.8. The van der Waals surface area contributed by atoms with Gasteiger partial charge in [0.05, 0.1) is 12.2 Å². The number of anilines is 1. The lowest BCUT2D eigenvalue weighted by atomic mass is 10.1. The minimum atomic E-state index is -0.279. The number of pyridine rings is 1. The Bertz CT molecular complexity index is 796. The van der Waals surface area contributed by atoms with Crippen molar-refractivity contribution in [3.8, 4) is 0 Å². The van der Waals surface area contributed by atoms with Crippen LogP contribution in [0.25, 0.3) is 0 Å². The topological polar surface area (TPSA) is 71.8 Å². The monoisotopic (exact) mass is 321 g/mol. The van der Waals surface area contributed by atoms with E-state index in [1.165, 1.54) is 5.56 Å². The van der Waals surface area contributed by atoms with Gasteiger partial charge < -0.3 is 5.32 Å². The molecule has 6 nitrogen and oxygen atoms in total. The maximum absolute atomic E-state index is 11.9. The predicted molar refractivity (Wildman–Crippen MR) is 92.6 cm³/mol. The molecule has 24 heavy (non-hydrogen) atoms. The molecule has 1 aromatic carbocycles. The molecule has 0 atom stereocenters. The number of rotatable bonds is 5. The number of aromatic nitrogens is 3. The Morgan fingerprint density at radius 2 is 1.96 bits per heavy atom. The lowest BCUT2D eigenvalue weighted by molar-refractivity contribution is 0.251. The number of carbonyl (C=O) groups excluding carboxylic acids is 1. The van der Waals surface area contributed by atoms with Crippen molar-refractivity contribution < 1.29 is 4.79 Å². The maximum atomic E-state index is 11.9. The number of urea groups is 1. The maximum Gasteiger partial charge on any atom is 0.320 e. The van der Waals surface area contributed by atoms with E-state index in [1.54, 1.807) is 16.9 Å². The number of nitrogens with one attached hydrogen (secondary N) is 2. The first-order chi connectivity index (χ1) is 11.7. The molecule has 6 heteroatoms. The molecule has 0 unspecified atom stereocenters. The van der Waals surface area contributed by atoms with Crippen LogP contribution >= 0.6 is 0 Å². The van der Waals surface area contributed by atoms with Crippen LogP contribution in [-0.2, 0) is 13.1 Å². The van der Waals surface area contributed by atoms with Gasteiger partial charge in [0, 0.05) is 25.0 Å². The molecule has 2 amide bonds. The van der Waals surface area contributed by atoms with Crippen molar-refractivity contribution in [1.82, 2.24) is 20.1 Å². The second kappa shape index (κ2) is 7.41. The number of carbonyl (C=O) groups is 1. The molecule has 0 spiro atoms. The van der Waals surface area contributed by atoms with Crippen molar-refractivity contribution >= 4 is 11.8 Å². The fourth-order valence-corrected chi connectivity index (χ4v) is 2.22. The van der Waals surface area contributed by atoms with Gasteiger partial charge in [0.15, 0.2) is 5.82 Å². The Kier molecular flexibility index (Phi) is 4.86. The highest BCUT2D eigenvalue weighted by Crippen LogP contribution is 2.06. The Balaban J connectivity index is 1.50.